The second-order valence-corrected chi connectivity index (χ2v) is 4.84. The molecule has 2 nitrogen and oxygen atoms in total. The number of rotatable bonds is 1. The molecule has 1 aromatic carbocycles. The van der Waals surface area contributed by atoms with Crippen LogP contribution in [0.5, 0.6) is 0 Å². The van der Waals surface area contributed by atoms with Crippen LogP contribution in [0.2, 0.25) is 0 Å². The fourth-order valence-corrected chi connectivity index (χ4v) is 2.18. The third kappa shape index (κ3) is 2.23. The number of benzene rings is 1. The molecule has 0 saturated carbocycles. The summed E-state index contributed by atoms with van der Waals surface area (Å²) in [6.07, 6.45) is -0.191. The summed E-state index contributed by atoms with van der Waals surface area (Å²) >= 11 is 5.75. The summed E-state index contributed by atoms with van der Waals surface area (Å²) in [5.41, 5.74) is 1.07. The maximum atomic E-state index is 5.42. The van der Waals surface area contributed by atoms with Gasteiger partial charge in [0.1, 0.15) is 0 Å². The van der Waals surface area contributed by atoms with Crippen LogP contribution in [0.15, 0.2) is 22.7 Å². The molecule has 0 N–H and O–H groups in total. The minimum atomic E-state index is -0.191. The molecular weight excluding hydrogens is 347 g/mol. The second kappa shape index (κ2) is 4.25. The molecule has 0 aromatic heterocycles. The van der Waals surface area contributed by atoms with E-state index in [9.17, 15) is 0 Å². The number of halogens is 2. The summed E-state index contributed by atoms with van der Waals surface area (Å²) in [4.78, 5) is 0. The topological polar surface area (TPSA) is 18.5 Å². The minimum absolute atomic E-state index is 0.191. The number of hydrogen-bond acceptors (Lipinski definition) is 2. The Morgan fingerprint density at radius 3 is 2.69 bits per heavy atom. The first kappa shape index (κ1) is 9.89. The van der Waals surface area contributed by atoms with Crippen molar-refractivity contribution in [1.82, 2.24) is 0 Å². The third-order valence-corrected chi connectivity index (χ3v) is 3.23. The molecule has 1 aliphatic heterocycles. The van der Waals surface area contributed by atoms with Crippen molar-refractivity contribution in [2.75, 3.05) is 13.2 Å². The Morgan fingerprint density at radius 2 is 2.00 bits per heavy atom. The van der Waals surface area contributed by atoms with Crippen molar-refractivity contribution in [3.63, 3.8) is 0 Å². The van der Waals surface area contributed by atoms with Gasteiger partial charge in [-0.3, -0.25) is 0 Å². The summed E-state index contributed by atoms with van der Waals surface area (Å²) in [5, 5.41) is 0. The Labute approximate surface area is 98.9 Å². The summed E-state index contributed by atoms with van der Waals surface area (Å²) in [6, 6.07) is 6.13. The highest BCUT2D eigenvalue weighted by Crippen LogP contribution is 2.30. The molecule has 0 bridgehead atoms. The molecule has 0 amide bonds. The molecule has 0 unspecified atom stereocenters. The molecular formula is C9H8BrIO2. The van der Waals surface area contributed by atoms with Crippen LogP contribution >= 0.6 is 38.5 Å². The largest absolute Gasteiger partial charge is 0.346 e. The normalized spacial score (nSPS) is 18.0. The maximum absolute atomic E-state index is 5.42. The van der Waals surface area contributed by atoms with Crippen molar-refractivity contribution in [2.45, 2.75) is 6.29 Å². The Morgan fingerprint density at radius 1 is 1.31 bits per heavy atom. The van der Waals surface area contributed by atoms with E-state index in [0.29, 0.717) is 13.2 Å². The lowest BCUT2D eigenvalue weighted by atomic mass is 10.2. The summed E-state index contributed by atoms with van der Waals surface area (Å²) in [7, 11) is 0. The van der Waals surface area contributed by atoms with Gasteiger partial charge in [0.05, 0.1) is 13.2 Å². The maximum Gasteiger partial charge on any atom is 0.185 e. The molecule has 1 fully saturated rings. The van der Waals surface area contributed by atoms with Gasteiger partial charge in [-0.2, -0.15) is 0 Å². The summed E-state index contributed by atoms with van der Waals surface area (Å²) in [5.74, 6) is 0. The van der Waals surface area contributed by atoms with E-state index < -0.39 is 0 Å². The molecule has 0 atom stereocenters. The molecule has 0 radical (unpaired) electrons. The van der Waals surface area contributed by atoms with Crippen LogP contribution in [0.3, 0.4) is 0 Å². The van der Waals surface area contributed by atoms with E-state index >= 15 is 0 Å². The summed E-state index contributed by atoms with van der Waals surface area (Å²) < 4.78 is 13.1. The molecule has 1 aromatic rings. The zero-order valence-corrected chi connectivity index (χ0v) is 10.5. The van der Waals surface area contributed by atoms with Gasteiger partial charge in [0.25, 0.3) is 0 Å². The van der Waals surface area contributed by atoms with E-state index in [4.69, 9.17) is 9.47 Å². The summed E-state index contributed by atoms with van der Waals surface area (Å²) in [6.45, 7) is 1.37. The Kier molecular flexibility index (Phi) is 3.23. The van der Waals surface area contributed by atoms with Crippen molar-refractivity contribution in [3.05, 3.63) is 31.8 Å². The van der Waals surface area contributed by atoms with Crippen LogP contribution in [-0.2, 0) is 9.47 Å². The SMILES string of the molecule is Brc1ccc(I)cc1C1OCCO1. The van der Waals surface area contributed by atoms with Gasteiger partial charge in [-0.15, -0.1) is 0 Å². The van der Waals surface area contributed by atoms with Gasteiger partial charge in [0.15, 0.2) is 6.29 Å². The number of ether oxygens (including phenoxy) is 2. The average Bonchev–Trinajstić information content (AvgIpc) is 2.61. The Hall–Kier alpha value is 0.350. The molecule has 1 heterocycles. The first-order chi connectivity index (χ1) is 6.27. The molecule has 70 valence electrons. The highest BCUT2D eigenvalue weighted by Gasteiger charge is 2.20. The molecule has 2 rings (SSSR count). The molecule has 13 heavy (non-hydrogen) atoms. The van der Waals surface area contributed by atoms with Crippen LogP contribution < -0.4 is 0 Å². The van der Waals surface area contributed by atoms with E-state index in [2.05, 4.69) is 44.6 Å². The van der Waals surface area contributed by atoms with Crippen LogP contribution in [-0.4, -0.2) is 13.2 Å². The monoisotopic (exact) mass is 354 g/mol. The molecule has 0 spiro atoms. The van der Waals surface area contributed by atoms with E-state index in [1.165, 1.54) is 3.57 Å². The Balaban J connectivity index is 2.32. The third-order valence-electron chi connectivity index (χ3n) is 1.83. The molecule has 1 aliphatic rings. The van der Waals surface area contributed by atoms with Gasteiger partial charge in [-0.25, -0.2) is 0 Å². The lowest BCUT2D eigenvalue weighted by Crippen LogP contribution is -1.99. The Bertz CT molecular complexity index is 310. The fraction of sp³-hybridized carbons (Fsp3) is 0.333. The van der Waals surface area contributed by atoms with Gasteiger partial charge in [0, 0.05) is 13.6 Å². The van der Waals surface area contributed by atoms with Crippen molar-refractivity contribution >= 4 is 38.5 Å². The average molecular weight is 355 g/mol. The first-order valence-corrected chi connectivity index (χ1v) is 5.83. The first-order valence-electron chi connectivity index (χ1n) is 3.95. The van der Waals surface area contributed by atoms with E-state index in [1.807, 2.05) is 12.1 Å². The van der Waals surface area contributed by atoms with Crippen molar-refractivity contribution in [3.8, 4) is 0 Å². The molecule has 1 saturated heterocycles. The van der Waals surface area contributed by atoms with Crippen LogP contribution in [0.1, 0.15) is 11.9 Å². The van der Waals surface area contributed by atoms with Crippen LogP contribution in [0.25, 0.3) is 0 Å². The van der Waals surface area contributed by atoms with Crippen LogP contribution in [0.4, 0.5) is 0 Å². The highest BCUT2D eigenvalue weighted by molar-refractivity contribution is 14.1. The van der Waals surface area contributed by atoms with E-state index in [1.54, 1.807) is 0 Å². The number of hydrogen-bond donors (Lipinski definition) is 0. The lowest BCUT2D eigenvalue weighted by Gasteiger charge is -2.11. The lowest BCUT2D eigenvalue weighted by molar-refractivity contribution is -0.0446. The standard InChI is InChI=1S/C9H8BrIO2/c10-8-2-1-6(11)5-7(8)9-12-3-4-13-9/h1-2,5,9H,3-4H2. The van der Waals surface area contributed by atoms with Gasteiger partial charge in [-0.1, -0.05) is 15.9 Å². The highest BCUT2D eigenvalue weighted by atomic mass is 127. The van der Waals surface area contributed by atoms with E-state index in [0.717, 1.165) is 10.0 Å². The van der Waals surface area contributed by atoms with Gasteiger partial charge >= 0.3 is 0 Å². The van der Waals surface area contributed by atoms with E-state index in [-0.39, 0.29) is 6.29 Å². The minimum Gasteiger partial charge on any atom is -0.346 e. The predicted octanol–water partition coefficient (Wildman–Crippen LogP) is 3.10. The predicted molar refractivity (Wildman–Crippen MR) is 61.5 cm³/mol. The zero-order valence-electron chi connectivity index (χ0n) is 6.80. The van der Waals surface area contributed by atoms with Gasteiger partial charge < -0.3 is 9.47 Å². The second-order valence-electron chi connectivity index (χ2n) is 2.74. The molecule has 0 aliphatic carbocycles. The molecule has 4 heteroatoms. The van der Waals surface area contributed by atoms with Crippen LogP contribution in [0, 0.1) is 3.57 Å². The fourth-order valence-electron chi connectivity index (χ4n) is 1.23. The van der Waals surface area contributed by atoms with Gasteiger partial charge in [-0.05, 0) is 40.8 Å². The van der Waals surface area contributed by atoms with Gasteiger partial charge in [0.2, 0.25) is 0 Å². The van der Waals surface area contributed by atoms with Crippen molar-refractivity contribution < 1.29 is 9.47 Å². The van der Waals surface area contributed by atoms with Crippen molar-refractivity contribution in [2.24, 2.45) is 0 Å². The zero-order chi connectivity index (χ0) is 9.26. The quantitative estimate of drug-likeness (QED) is 0.721. The smallest absolute Gasteiger partial charge is 0.185 e. The van der Waals surface area contributed by atoms with Crippen molar-refractivity contribution in [1.29, 1.82) is 0 Å².